The SMILES string of the molecule is CC1C=CC(=O)C=C2C(F)CC3C4CC(C)C(O)(C(=O)CO)C4(C)CC4OC43C21. The number of hydrogen-bond donors (Lipinski definition) is 2. The number of halogens is 1. The van der Waals surface area contributed by atoms with E-state index in [1.165, 1.54) is 12.2 Å². The summed E-state index contributed by atoms with van der Waals surface area (Å²) in [6.07, 6.45) is 4.78. The molecular weight excluding hydrogens is 375 g/mol. The molecule has 0 bridgehead atoms. The highest BCUT2D eigenvalue weighted by molar-refractivity contribution is 6.00. The normalized spacial score (nSPS) is 55.2. The maximum Gasteiger partial charge on any atom is 0.190 e. The van der Waals surface area contributed by atoms with Crippen LogP contribution in [0.25, 0.3) is 0 Å². The third kappa shape index (κ3) is 2.15. The van der Waals surface area contributed by atoms with Crippen LogP contribution in [0.1, 0.15) is 40.0 Å². The highest BCUT2D eigenvalue weighted by Crippen LogP contribution is 2.74. The van der Waals surface area contributed by atoms with E-state index in [1.54, 1.807) is 0 Å². The van der Waals surface area contributed by atoms with Crippen LogP contribution < -0.4 is 0 Å². The first-order valence-electron chi connectivity index (χ1n) is 10.7. The van der Waals surface area contributed by atoms with Gasteiger partial charge in [0, 0.05) is 11.3 Å². The van der Waals surface area contributed by atoms with Crippen LogP contribution in [0.4, 0.5) is 4.39 Å². The molecule has 0 aromatic carbocycles. The lowest BCUT2D eigenvalue weighted by Crippen LogP contribution is -2.62. The molecule has 4 fully saturated rings. The molecule has 6 heteroatoms. The van der Waals surface area contributed by atoms with Gasteiger partial charge in [0.1, 0.15) is 24.0 Å². The van der Waals surface area contributed by atoms with Crippen LogP contribution in [-0.2, 0) is 14.3 Å². The number of fused-ring (bicyclic) bond motifs is 3. The molecule has 3 saturated carbocycles. The fourth-order valence-corrected chi connectivity index (χ4v) is 7.86. The van der Waals surface area contributed by atoms with Crippen molar-refractivity contribution in [1.29, 1.82) is 0 Å². The van der Waals surface area contributed by atoms with Gasteiger partial charge in [0.15, 0.2) is 11.6 Å². The van der Waals surface area contributed by atoms with E-state index in [-0.39, 0.29) is 47.9 Å². The predicted octanol–water partition coefficient (Wildman–Crippen LogP) is 2.16. The summed E-state index contributed by atoms with van der Waals surface area (Å²) >= 11 is 0. The first-order valence-corrected chi connectivity index (χ1v) is 10.7. The summed E-state index contributed by atoms with van der Waals surface area (Å²) < 4.78 is 21.8. The molecule has 10 unspecified atom stereocenters. The molecule has 1 heterocycles. The van der Waals surface area contributed by atoms with Gasteiger partial charge in [0.25, 0.3) is 0 Å². The van der Waals surface area contributed by atoms with Gasteiger partial charge in [-0.05, 0) is 60.7 Å². The van der Waals surface area contributed by atoms with E-state index in [0.29, 0.717) is 18.4 Å². The van der Waals surface area contributed by atoms with Crippen molar-refractivity contribution in [3.05, 3.63) is 23.8 Å². The monoisotopic (exact) mass is 404 g/mol. The Kier molecular flexibility index (Phi) is 3.96. The molecule has 0 amide bonds. The van der Waals surface area contributed by atoms with Crippen LogP contribution in [0.5, 0.6) is 0 Å². The Hall–Kier alpha value is -1.37. The number of carbonyl (C=O) groups excluding carboxylic acids is 2. The minimum atomic E-state index is -1.63. The number of rotatable bonds is 2. The zero-order chi connectivity index (χ0) is 20.9. The Balaban J connectivity index is 1.61. The molecule has 1 spiro atoms. The van der Waals surface area contributed by atoms with Gasteiger partial charge < -0.3 is 14.9 Å². The second-order valence-electron chi connectivity index (χ2n) is 10.2. The lowest BCUT2D eigenvalue weighted by Gasteiger charge is -2.53. The van der Waals surface area contributed by atoms with Gasteiger partial charge in [-0.15, -0.1) is 0 Å². The van der Waals surface area contributed by atoms with E-state index in [4.69, 9.17) is 4.74 Å². The number of allylic oxidation sites excluding steroid dienone is 3. The lowest BCUT2D eigenvalue weighted by atomic mass is 9.49. The maximum absolute atomic E-state index is 15.4. The average Bonchev–Trinajstić information content (AvgIpc) is 3.36. The van der Waals surface area contributed by atoms with E-state index < -0.39 is 35.2 Å². The standard InChI is InChI=1S/C23H29FO5/c1-11-4-5-13(26)7-14-17(24)8-16-15-6-12(2)23(28,18(27)10-25)21(15,3)9-19-22(16,29-19)20(11)14/h4-5,7,11-12,15-17,19-20,25,28H,6,8-10H2,1-3H3. The third-order valence-corrected chi connectivity index (χ3v) is 9.11. The van der Waals surface area contributed by atoms with Crippen molar-refractivity contribution < 1.29 is 28.9 Å². The minimum Gasteiger partial charge on any atom is -0.388 e. The number of ketones is 2. The van der Waals surface area contributed by atoms with E-state index in [2.05, 4.69) is 0 Å². The molecule has 1 saturated heterocycles. The zero-order valence-electron chi connectivity index (χ0n) is 17.1. The molecule has 0 aromatic heterocycles. The fraction of sp³-hybridized carbons (Fsp3) is 0.739. The highest BCUT2D eigenvalue weighted by atomic mass is 19.1. The van der Waals surface area contributed by atoms with E-state index in [0.717, 1.165) is 0 Å². The molecule has 0 radical (unpaired) electrons. The maximum atomic E-state index is 15.4. The van der Waals surface area contributed by atoms with Gasteiger partial charge in [0.2, 0.25) is 0 Å². The molecule has 10 atom stereocenters. The van der Waals surface area contributed by atoms with Crippen molar-refractivity contribution in [1.82, 2.24) is 0 Å². The topological polar surface area (TPSA) is 87.1 Å². The van der Waals surface area contributed by atoms with Crippen LogP contribution in [-0.4, -0.2) is 51.9 Å². The number of ether oxygens (including phenoxy) is 1. The summed E-state index contributed by atoms with van der Waals surface area (Å²) in [6.45, 7) is 5.08. The van der Waals surface area contributed by atoms with Crippen molar-refractivity contribution in [3.63, 3.8) is 0 Å². The van der Waals surface area contributed by atoms with Gasteiger partial charge in [0.05, 0.1) is 6.10 Å². The van der Waals surface area contributed by atoms with E-state index in [9.17, 15) is 19.8 Å². The second-order valence-corrected chi connectivity index (χ2v) is 10.2. The van der Waals surface area contributed by atoms with Crippen molar-refractivity contribution >= 4 is 11.6 Å². The number of hydrogen-bond acceptors (Lipinski definition) is 5. The molecule has 0 aromatic rings. The lowest BCUT2D eigenvalue weighted by molar-refractivity contribution is -0.165. The largest absolute Gasteiger partial charge is 0.388 e. The minimum absolute atomic E-state index is 0.0279. The third-order valence-electron chi connectivity index (χ3n) is 9.11. The summed E-state index contributed by atoms with van der Waals surface area (Å²) in [4.78, 5) is 24.8. The summed E-state index contributed by atoms with van der Waals surface area (Å²) in [6, 6.07) is 0. The Bertz CT molecular complexity index is 850. The summed E-state index contributed by atoms with van der Waals surface area (Å²) in [5.41, 5.74) is -2.37. The van der Waals surface area contributed by atoms with Crippen molar-refractivity contribution in [2.24, 2.45) is 35.0 Å². The number of Topliss-reactive ketones (excluding diaryl/α,β-unsaturated/α-hetero) is 1. The number of alkyl halides is 1. The van der Waals surface area contributed by atoms with Crippen molar-refractivity contribution in [2.45, 2.75) is 63.5 Å². The van der Waals surface area contributed by atoms with Crippen molar-refractivity contribution in [3.8, 4) is 0 Å². The van der Waals surface area contributed by atoms with Crippen LogP contribution in [0, 0.1) is 35.0 Å². The molecule has 5 aliphatic rings. The van der Waals surface area contributed by atoms with Crippen LogP contribution in [0.15, 0.2) is 23.8 Å². The zero-order valence-corrected chi connectivity index (χ0v) is 17.1. The fourth-order valence-electron chi connectivity index (χ4n) is 7.86. The van der Waals surface area contributed by atoms with Crippen molar-refractivity contribution in [2.75, 3.05) is 6.61 Å². The Labute approximate surface area is 170 Å². The number of aliphatic hydroxyl groups is 2. The molecule has 2 N–H and O–H groups in total. The first-order chi connectivity index (χ1) is 13.6. The van der Waals surface area contributed by atoms with Gasteiger partial charge in [-0.3, -0.25) is 9.59 Å². The predicted molar refractivity (Wildman–Crippen MR) is 103 cm³/mol. The number of carbonyl (C=O) groups is 2. The molecule has 5 nitrogen and oxygen atoms in total. The summed E-state index contributed by atoms with van der Waals surface area (Å²) in [5.74, 6) is -1.47. The summed E-state index contributed by atoms with van der Waals surface area (Å²) in [7, 11) is 0. The Morgan fingerprint density at radius 3 is 2.72 bits per heavy atom. The van der Waals surface area contributed by atoms with Crippen LogP contribution in [0.2, 0.25) is 0 Å². The molecule has 158 valence electrons. The molecular formula is C23H29FO5. The van der Waals surface area contributed by atoms with Crippen LogP contribution in [0.3, 0.4) is 0 Å². The summed E-state index contributed by atoms with van der Waals surface area (Å²) in [5, 5.41) is 21.0. The van der Waals surface area contributed by atoms with E-state index in [1.807, 2.05) is 26.8 Å². The number of aliphatic hydroxyl groups excluding tert-OH is 1. The number of epoxide rings is 1. The van der Waals surface area contributed by atoms with Gasteiger partial charge >= 0.3 is 0 Å². The Morgan fingerprint density at radius 2 is 2.03 bits per heavy atom. The average molecular weight is 404 g/mol. The molecule has 4 aliphatic carbocycles. The van der Waals surface area contributed by atoms with Gasteiger partial charge in [-0.25, -0.2) is 4.39 Å². The van der Waals surface area contributed by atoms with E-state index >= 15 is 4.39 Å². The molecule has 5 rings (SSSR count). The van der Waals surface area contributed by atoms with Crippen LogP contribution >= 0.6 is 0 Å². The highest BCUT2D eigenvalue weighted by Gasteiger charge is 2.80. The smallest absolute Gasteiger partial charge is 0.190 e. The molecule has 1 aliphatic heterocycles. The first kappa shape index (κ1) is 19.6. The molecule has 29 heavy (non-hydrogen) atoms. The Morgan fingerprint density at radius 1 is 1.31 bits per heavy atom. The van der Waals surface area contributed by atoms with Gasteiger partial charge in [-0.2, -0.15) is 0 Å². The quantitative estimate of drug-likeness (QED) is 0.689. The van der Waals surface area contributed by atoms with Gasteiger partial charge in [-0.1, -0.05) is 26.8 Å². The second kappa shape index (κ2) is 5.86.